The van der Waals surface area contributed by atoms with Crippen molar-refractivity contribution in [2.75, 3.05) is 7.11 Å². The molecule has 142 valence electrons. The fourth-order valence-corrected chi connectivity index (χ4v) is 2.82. The number of nitriles is 2. The Morgan fingerprint density at radius 2 is 1.76 bits per heavy atom. The van der Waals surface area contributed by atoms with Crippen LogP contribution in [0.15, 0.2) is 66.7 Å². The van der Waals surface area contributed by atoms with Crippen LogP contribution in [0.25, 0.3) is 11.6 Å². The second kappa shape index (κ2) is 9.21. The summed E-state index contributed by atoms with van der Waals surface area (Å²) in [6, 6.07) is 22.7. The molecule has 0 spiro atoms. The molecular weight excluding hydrogens is 367 g/mol. The molecule has 0 aromatic heterocycles. The van der Waals surface area contributed by atoms with Gasteiger partial charge in [0, 0.05) is 11.1 Å². The Hall–Kier alpha value is -4.09. The molecule has 0 bridgehead atoms. The largest absolute Gasteiger partial charge is 0.493 e. The summed E-state index contributed by atoms with van der Waals surface area (Å²) in [5, 5.41) is 18.6. The van der Waals surface area contributed by atoms with Crippen LogP contribution in [-0.4, -0.2) is 7.11 Å². The van der Waals surface area contributed by atoms with E-state index in [1.54, 1.807) is 54.6 Å². The van der Waals surface area contributed by atoms with Crippen LogP contribution in [-0.2, 0) is 6.61 Å². The molecule has 0 aliphatic heterocycles. The molecule has 0 saturated heterocycles. The molecule has 3 aromatic carbocycles. The van der Waals surface area contributed by atoms with Crippen LogP contribution >= 0.6 is 0 Å². The molecule has 0 radical (unpaired) electrons. The van der Waals surface area contributed by atoms with Crippen LogP contribution in [0.2, 0.25) is 0 Å². The first-order chi connectivity index (χ1) is 14.2. The number of benzene rings is 3. The predicted molar refractivity (Wildman–Crippen MR) is 108 cm³/mol. The quantitative estimate of drug-likeness (QED) is 0.424. The molecule has 0 fully saturated rings. The Bertz CT molecular complexity index is 1140. The van der Waals surface area contributed by atoms with Crippen molar-refractivity contribution in [2.45, 2.75) is 6.61 Å². The first-order valence-electron chi connectivity index (χ1n) is 8.82. The summed E-state index contributed by atoms with van der Waals surface area (Å²) in [5.74, 6) is 0.518. The lowest BCUT2D eigenvalue weighted by Crippen LogP contribution is -2.00. The fraction of sp³-hybridized carbons (Fsp3) is 0.0833. The maximum Gasteiger partial charge on any atom is 0.161 e. The SMILES string of the molecule is COc1cc(C=C(C#N)c2ccccc2F)ccc1OCc1ccccc1C#N. The highest BCUT2D eigenvalue weighted by atomic mass is 19.1. The molecule has 0 saturated carbocycles. The highest BCUT2D eigenvalue weighted by Crippen LogP contribution is 2.31. The monoisotopic (exact) mass is 384 g/mol. The van der Waals surface area contributed by atoms with Gasteiger partial charge in [-0.3, -0.25) is 0 Å². The number of halogens is 1. The Kier molecular flexibility index (Phi) is 6.25. The van der Waals surface area contributed by atoms with Crippen LogP contribution in [0.5, 0.6) is 11.5 Å². The van der Waals surface area contributed by atoms with Crippen molar-refractivity contribution < 1.29 is 13.9 Å². The number of nitrogens with zero attached hydrogens (tertiary/aromatic N) is 2. The molecule has 0 aliphatic rings. The standard InChI is InChI=1S/C24H17FN2O2/c1-28-24-13-17(12-20(15-27)21-8-4-5-9-22(21)25)10-11-23(24)29-16-19-7-3-2-6-18(19)14-26/h2-13H,16H2,1H3. The minimum absolute atomic E-state index is 0.210. The van der Waals surface area contributed by atoms with E-state index in [-0.39, 0.29) is 17.7 Å². The first-order valence-corrected chi connectivity index (χ1v) is 8.82. The average Bonchev–Trinajstić information content (AvgIpc) is 2.77. The normalized spacial score (nSPS) is 10.7. The summed E-state index contributed by atoms with van der Waals surface area (Å²) < 4.78 is 25.2. The molecular formula is C24H17FN2O2. The van der Waals surface area contributed by atoms with Gasteiger partial charge in [0.1, 0.15) is 12.4 Å². The summed E-state index contributed by atoms with van der Waals surface area (Å²) in [7, 11) is 1.51. The molecule has 0 heterocycles. The second-order valence-corrected chi connectivity index (χ2v) is 6.12. The van der Waals surface area contributed by atoms with Gasteiger partial charge < -0.3 is 9.47 Å². The third kappa shape index (κ3) is 4.61. The lowest BCUT2D eigenvalue weighted by Gasteiger charge is -2.12. The van der Waals surface area contributed by atoms with Crippen LogP contribution in [0.4, 0.5) is 4.39 Å². The Morgan fingerprint density at radius 1 is 1.00 bits per heavy atom. The fourth-order valence-electron chi connectivity index (χ4n) is 2.82. The first kappa shape index (κ1) is 19.7. The lowest BCUT2D eigenvalue weighted by atomic mass is 10.0. The molecule has 3 aromatic rings. The summed E-state index contributed by atoms with van der Waals surface area (Å²) in [4.78, 5) is 0. The molecule has 0 amide bonds. The van der Waals surface area contributed by atoms with Crippen LogP contribution in [0.3, 0.4) is 0 Å². The van der Waals surface area contributed by atoms with E-state index in [1.807, 2.05) is 18.2 Å². The highest BCUT2D eigenvalue weighted by Gasteiger charge is 2.10. The van der Waals surface area contributed by atoms with Crippen molar-refractivity contribution >= 4 is 11.6 Å². The Balaban J connectivity index is 1.86. The zero-order valence-corrected chi connectivity index (χ0v) is 15.7. The van der Waals surface area contributed by atoms with Crippen molar-refractivity contribution in [1.29, 1.82) is 10.5 Å². The molecule has 5 heteroatoms. The van der Waals surface area contributed by atoms with Gasteiger partial charge in [-0.25, -0.2) is 4.39 Å². The maximum absolute atomic E-state index is 14.0. The van der Waals surface area contributed by atoms with E-state index >= 15 is 0 Å². The number of hydrogen-bond donors (Lipinski definition) is 0. The molecule has 0 N–H and O–H groups in total. The summed E-state index contributed by atoms with van der Waals surface area (Å²) >= 11 is 0. The number of hydrogen-bond acceptors (Lipinski definition) is 4. The van der Waals surface area contributed by atoms with Crippen LogP contribution in [0.1, 0.15) is 22.3 Å². The van der Waals surface area contributed by atoms with E-state index in [1.165, 1.54) is 13.2 Å². The van der Waals surface area contributed by atoms with E-state index < -0.39 is 5.82 Å². The van der Waals surface area contributed by atoms with Gasteiger partial charge in [0.05, 0.1) is 30.4 Å². The number of ether oxygens (including phenoxy) is 2. The molecule has 0 aliphatic carbocycles. The van der Waals surface area contributed by atoms with Crippen molar-refractivity contribution in [1.82, 2.24) is 0 Å². The topological polar surface area (TPSA) is 66.0 Å². The van der Waals surface area contributed by atoms with Crippen LogP contribution < -0.4 is 9.47 Å². The minimum atomic E-state index is -0.455. The van der Waals surface area contributed by atoms with E-state index in [0.29, 0.717) is 22.6 Å². The predicted octanol–water partition coefficient (Wildman–Crippen LogP) is 5.35. The number of allylic oxidation sites excluding steroid dienone is 1. The van der Waals surface area contributed by atoms with E-state index in [4.69, 9.17) is 9.47 Å². The average molecular weight is 384 g/mol. The van der Waals surface area contributed by atoms with Gasteiger partial charge in [0.2, 0.25) is 0 Å². The van der Waals surface area contributed by atoms with Gasteiger partial charge in [0.15, 0.2) is 11.5 Å². The van der Waals surface area contributed by atoms with Gasteiger partial charge >= 0.3 is 0 Å². The number of methoxy groups -OCH3 is 1. The third-order valence-corrected chi connectivity index (χ3v) is 4.30. The van der Waals surface area contributed by atoms with Crippen molar-refractivity contribution in [3.05, 3.63) is 94.8 Å². The zero-order chi connectivity index (χ0) is 20.6. The Labute approximate surface area is 168 Å². The van der Waals surface area contributed by atoms with Gasteiger partial charge in [-0.15, -0.1) is 0 Å². The molecule has 29 heavy (non-hydrogen) atoms. The van der Waals surface area contributed by atoms with E-state index in [0.717, 1.165) is 5.56 Å². The molecule has 0 unspecified atom stereocenters. The molecule has 0 atom stereocenters. The minimum Gasteiger partial charge on any atom is -0.493 e. The molecule has 4 nitrogen and oxygen atoms in total. The Morgan fingerprint density at radius 3 is 2.48 bits per heavy atom. The van der Waals surface area contributed by atoms with Crippen molar-refractivity contribution in [3.8, 4) is 23.6 Å². The van der Waals surface area contributed by atoms with Gasteiger partial charge in [-0.2, -0.15) is 10.5 Å². The zero-order valence-electron chi connectivity index (χ0n) is 15.7. The summed E-state index contributed by atoms with van der Waals surface area (Å²) in [6.45, 7) is 0.216. The van der Waals surface area contributed by atoms with E-state index in [9.17, 15) is 14.9 Å². The van der Waals surface area contributed by atoms with Crippen LogP contribution in [0, 0.1) is 28.5 Å². The van der Waals surface area contributed by atoms with E-state index in [2.05, 4.69) is 6.07 Å². The summed E-state index contributed by atoms with van der Waals surface area (Å²) in [5.41, 5.74) is 2.44. The highest BCUT2D eigenvalue weighted by molar-refractivity contribution is 5.90. The maximum atomic E-state index is 14.0. The third-order valence-electron chi connectivity index (χ3n) is 4.30. The lowest BCUT2D eigenvalue weighted by molar-refractivity contribution is 0.284. The summed E-state index contributed by atoms with van der Waals surface area (Å²) in [6.07, 6.45) is 1.59. The van der Waals surface area contributed by atoms with Gasteiger partial charge in [-0.1, -0.05) is 42.5 Å². The van der Waals surface area contributed by atoms with Crippen molar-refractivity contribution in [3.63, 3.8) is 0 Å². The van der Waals surface area contributed by atoms with Crippen molar-refractivity contribution in [2.24, 2.45) is 0 Å². The van der Waals surface area contributed by atoms with Gasteiger partial charge in [0.25, 0.3) is 0 Å². The second-order valence-electron chi connectivity index (χ2n) is 6.12. The molecule has 3 rings (SSSR count). The smallest absolute Gasteiger partial charge is 0.161 e. The van der Waals surface area contributed by atoms with Gasteiger partial charge in [-0.05, 0) is 35.9 Å². The number of rotatable bonds is 6.